The molecule has 2 aromatic rings. The zero-order chi connectivity index (χ0) is 13.1. The summed E-state index contributed by atoms with van der Waals surface area (Å²) in [5.74, 6) is 0. The van der Waals surface area contributed by atoms with Gasteiger partial charge in [0.05, 0.1) is 6.20 Å². The zero-order valence-corrected chi connectivity index (χ0v) is 11.9. The van der Waals surface area contributed by atoms with Crippen molar-refractivity contribution < 1.29 is 0 Å². The lowest BCUT2D eigenvalue weighted by Crippen LogP contribution is -2.15. The highest BCUT2D eigenvalue weighted by atomic mass is 35.5. The lowest BCUT2D eigenvalue weighted by Gasteiger charge is -2.10. The minimum absolute atomic E-state index is 0.699. The van der Waals surface area contributed by atoms with Crippen molar-refractivity contribution >= 4 is 23.4 Å². The van der Waals surface area contributed by atoms with E-state index in [2.05, 4.69) is 21.4 Å². The second kappa shape index (κ2) is 5.90. The van der Waals surface area contributed by atoms with Gasteiger partial charge in [-0.15, -0.1) is 0 Å². The van der Waals surface area contributed by atoms with Crippen LogP contribution in [0.4, 0.5) is 0 Å². The maximum absolute atomic E-state index is 6.09. The van der Waals surface area contributed by atoms with Crippen molar-refractivity contribution in [3.63, 3.8) is 0 Å². The summed E-state index contributed by atoms with van der Waals surface area (Å²) in [5, 5.41) is 5.16. The fraction of sp³-hybridized carbons (Fsp3) is 0.286. The molecule has 98 valence electrons. The number of benzene rings is 1. The van der Waals surface area contributed by atoms with E-state index >= 15 is 0 Å². The van der Waals surface area contributed by atoms with Gasteiger partial charge in [0.25, 0.3) is 0 Å². The Morgan fingerprint density at radius 1 is 1.32 bits per heavy atom. The second-order valence-corrected chi connectivity index (χ2v) is 6.05. The molecule has 0 bridgehead atoms. The number of hydrogen-bond donors (Lipinski definition) is 1. The van der Waals surface area contributed by atoms with E-state index in [1.165, 1.54) is 18.4 Å². The van der Waals surface area contributed by atoms with E-state index in [0.717, 1.165) is 21.5 Å². The van der Waals surface area contributed by atoms with Gasteiger partial charge in [-0.2, -0.15) is 0 Å². The molecule has 1 N–H and O–H groups in total. The Morgan fingerprint density at radius 2 is 2.21 bits per heavy atom. The van der Waals surface area contributed by atoms with Crippen LogP contribution in [-0.2, 0) is 6.54 Å². The van der Waals surface area contributed by atoms with Crippen LogP contribution in [0, 0.1) is 0 Å². The first-order valence-corrected chi connectivity index (χ1v) is 7.46. The summed E-state index contributed by atoms with van der Waals surface area (Å²) in [6.45, 7) is 0.879. The summed E-state index contributed by atoms with van der Waals surface area (Å²) >= 11 is 7.69. The maximum Gasteiger partial charge on any atom is 0.119 e. The molecule has 5 heteroatoms. The molecule has 0 unspecified atom stereocenters. The largest absolute Gasteiger partial charge is 0.310 e. The summed E-state index contributed by atoms with van der Waals surface area (Å²) in [6, 6.07) is 6.71. The SMILES string of the molecule is Clc1ccc(CNC2CC2)c(Sc2cnccn2)c1. The van der Waals surface area contributed by atoms with Crippen LogP contribution in [-0.4, -0.2) is 16.0 Å². The van der Waals surface area contributed by atoms with Gasteiger partial charge in [0.1, 0.15) is 5.03 Å². The predicted octanol–water partition coefficient (Wildman–Crippen LogP) is 3.53. The topological polar surface area (TPSA) is 37.8 Å². The summed E-state index contributed by atoms with van der Waals surface area (Å²) < 4.78 is 0. The van der Waals surface area contributed by atoms with Gasteiger partial charge in [-0.3, -0.25) is 4.98 Å². The van der Waals surface area contributed by atoms with Gasteiger partial charge in [-0.05, 0) is 30.5 Å². The minimum Gasteiger partial charge on any atom is -0.310 e. The van der Waals surface area contributed by atoms with E-state index in [0.29, 0.717) is 6.04 Å². The molecule has 0 aliphatic heterocycles. The van der Waals surface area contributed by atoms with E-state index in [-0.39, 0.29) is 0 Å². The Morgan fingerprint density at radius 3 is 2.95 bits per heavy atom. The van der Waals surface area contributed by atoms with Crippen molar-refractivity contribution in [2.45, 2.75) is 35.3 Å². The van der Waals surface area contributed by atoms with Crippen LogP contribution >= 0.6 is 23.4 Å². The standard InChI is InChI=1S/C14H14ClN3S/c15-11-2-1-10(8-18-12-3-4-12)13(7-11)19-14-9-16-5-6-17-14/h1-2,5-7,9,12,18H,3-4,8H2. The average Bonchev–Trinajstić information content (AvgIpc) is 3.23. The molecule has 0 atom stereocenters. The van der Waals surface area contributed by atoms with Crippen LogP contribution in [0.1, 0.15) is 18.4 Å². The normalized spacial score (nSPS) is 14.6. The number of hydrogen-bond acceptors (Lipinski definition) is 4. The van der Waals surface area contributed by atoms with E-state index in [9.17, 15) is 0 Å². The fourth-order valence-corrected chi connectivity index (χ4v) is 2.91. The molecule has 19 heavy (non-hydrogen) atoms. The predicted molar refractivity (Wildman–Crippen MR) is 77.5 cm³/mol. The summed E-state index contributed by atoms with van der Waals surface area (Å²) in [6.07, 6.45) is 7.73. The van der Waals surface area contributed by atoms with Crippen LogP contribution in [0.3, 0.4) is 0 Å². The summed E-state index contributed by atoms with van der Waals surface area (Å²) in [4.78, 5) is 9.51. The Labute approximate surface area is 121 Å². The Balaban J connectivity index is 1.78. The highest BCUT2D eigenvalue weighted by Crippen LogP contribution is 2.31. The van der Waals surface area contributed by atoms with Gasteiger partial charge in [0, 0.05) is 34.9 Å². The third kappa shape index (κ3) is 3.69. The highest BCUT2D eigenvalue weighted by molar-refractivity contribution is 7.99. The maximum atomic E-state index is 6.09. The molecule has 0 amide bonds. The number of rotatable bonds is 5. The Kier molecular flexibility index (Phi) is 4.01. The Hall–Kier alpha value is -1.10. The van der Waals surface area contributed by atoms with E-state index in [1.54, 1.807) is 30.4 Å². The number of nitrogens with zero attached hydrogens (tertiary/aromatic N) is 2. The monoisotopic (exact) mass is 291 g/mol. The quantitative estimate of drug-likeness (QED) is 0.914. The van der Waals surface area contributed by atoms with E-state index in [1.807, 2.05) is 12.1 Å². The number of nitrogens with one attached hydrogen (secondary N) is 1. The van der Waals surface area contributed by atoms with Crippen LogP contribution in [0.2, 0.25) is 5.02 Å². The molecular weight excluding hydrogens is 278 g/mol. The van der Waals surface area contributed by atoms with E-state index < -0.39 is 0 Å². The molecule has 1 aliphatic rings. The van der Waals surface area contributed by atoms with Gasteiger partial charge in [0.15, 0.2) is 0 Å². The van der Waals surface area contributed by atoms with Gasteiger partial charge >= 0.3 is 0 Å². The lowest BCUT2D eigenvalue weighted by molar-refractivity contribution is 0.680. The first-order valence-electron chi connectivity index (χ1n) is 6.27. The van der Waals surface area contributed by atoms with Crippen molar-refractivity contribution in [1.82, 2.24) is 15.3 Å². The van der Waals surface area contributed by atoms with E-state index in [4.69, 9.17) is 11.6 Å². The van der Waals surface area contributed by atoms with Gasteiger partial charge in [0.2, 0.25) is 0 Å². The van der Waals surface area contributed by atoms with Crippen molar-refractivity contribution in [3.8, 4) is 0 Å². The molecule has 3 nitrogen and oxygen atoms in total. The fourth-order valence-electron chi connectivity index (χ4n) is 1.76. The highest BCUT2D eigenvalue weighted by Gasteiger charge is 2.20. The van der Waals surface area contributed by atoms with Crippen molar-refractivity contribution in [2.75, 3.05) is 0 Å². The minimum atomic E-state index is 0.699. The molecular formula is C14H14ClN3S. The zero-order valence-electron chi connectivity index (χ0n) is 10.3. The smallest absolute Gasteiger partial charge is 0.119 e. The van der Waals surface area contributed by atoms with Gasteiger partial charge in [-0.1, -0.05) is 29.4 Å². The average molecular weight is 292 g/mol. The van der Waals surface area contributed by atoms with Gasteiger partial charge < -0.3 is 5.32 Å². The lowest BCUT2D eigenvalue weighted by atomic mass is 10.2. The van der Waals surface area contributed by atoms with Crippen molar-refractivity contribution in [3.05, 3.63) is 47.4 Å². The molecule has 1 heterocycles. The molecule has 0 saturated heterocycles. The van der Waals surface area contributed by atoms with Gasteiger partial charge in [-0.25, -0.2) is 4.98 Å². The number of aromatic nitrogens is 2. The molecule has 0 radical (unpaired) electrons. The van der Waals surface area contributed by atoms with Crippen LogP contribution in [0.5, 0.6) is 0 Å². The molecule has 1 aliphatic carbocycles. The first kappa shape index (κ1) is 12.9. The van der Waals surface area contributed by atoms with Crippen molar-refractivity contribution in [1.29, 1.82) is 0 Å². The molecule has 1 aromatic carbocycles. The molecule has 0 spiro atoms. The second-order valence-electron chi connectivity index (χ2n) is 4.55. The van der Waals surface area contributed by atoms with Crippen LogP contribution in [0.15, 0.2) is 46.7 Å². The number of halogens is 1. The molecule has 1 saturated carbocycles. The first-order chi connectivity index (χ1) is 9.31. The van der Waals surface area contributed by atoms with Crippen LogP contribution < -0.4 is 5.32 Å². The third-order valence-corrected chi connectivity index (χ3v) is 4.20. The molecule has 1 fully saturated rings. The van der Waals surface area contributed by atoms with Crippen molar-refractivity contribution in [2.24, 2.45) is 0 Å². The summed E-state index contributed by atoms with van der Waals surface area (Å²) in [5.41, 5.74) is 1.26. The molecule has 1 aromatic heterocycles. The summed E-state index contributed by atoms with van der Waals surface area (Å²) in [7, 11) is 0. The third-order valence-electron chi connectivity index (χ3n) is 2.94. The Bertz CT molecular complexity index is 558. The molecule has 3 rings (SSSR count). The van der Waals surface area contributed by atoms with Crippen LogP contribution in [0.25, 0.3) is 0 Å².